The minimum absolute atomic E-state index is 0.112. The van der Waals surface area contributed by atoms with Crippen molar-refractivity contribution in [2.24, 2.45) is 0 Å². The van der Waals surface area contributed by atoms with Crippen molar-refractivity contribution in [3.8, 4) is 5.69 Å². The first-order chi connectivity index (χ1) is 16.5. The first kappa shape index (κ1) is 22.1. The van der Waals surface area contributed by atoms with Crippen molar-refractivity contribution >= 4 is 46.2 Å². The fourth-order valence-corrected chi connectivity index (χ4v) is 4.87. The molecular formula is C26H22ClN5OS. The fraction of sp³-hybridized carbons (Fsp3) is 0.115. The fourth-order valence-electron chi connectivity index (χ4n) is 4.34. The highest BCUT2D eigenvalue weighted by Crippen LogP contribution is 2.42. The van der Waals surface area contributed by atoms with Crippen LogP contribution < -0.4 is 15.5 Å². The van der Waals surface area contributed by atoms with Crippen molar-refractivity contribution in [2.45, 2.75) is 19.0 Å². The smallest absolute Gasteiger partial charge is 0.221 e. The van der Waals surface area contributed by atoms with Gasteiger partial charge >= 0.3 is 0 Å². The predicted molar refractivity (Wildman–Crippen MR) is 139 cm³/mol. The largest absolute Gasteiger partial charge is 0.351 e. The summed E-state index contributed by atoms with van der Waals surface area (Å²) < 4.78 is 2.13. The number of halogens is 1. The summed E-state index contributed by atoms with van der Waals surface area (Å²) in [6, 6.07) is 25.1. The molecule has 0 spiro atoms. The molecule has 2 aromatic carbocycles. The summed E-state index contributed by atoms with van der Waals surface area (Å²) in [6.07, 6.45) is 3.81. The quantitative estimate of drug-likeness (QED) is 0.355. The summed E-state index contributed by atoms with van der Waals surface area (Å²) in [6.45, 7) is 1.49. The minimum Gasteiger partial charge on any atom is -0.351 e. The van der Waals surface area contributed by atoms with Crippen LogP contribution >= 0.6 is 23.8 Å². The van der Waals surface area contributed by atoms with Crippen LogP contribution in [0.2, 0.25) is 5.02 Å². The normalized spacial score (nSPS) is 17.5. The Hall–Kier alpha value is -3.68. The number of pyridine rings is 1. The second kappa shape index (κ2) is 9.29. The molecule has 1 fully saturated rings. The van der Waals surface area contributed by atoms with Crippen LogP contribution in [-0.2, 0) is 4.79 Å². The molecule has 0 bridgehead atoms. The number of anilines is 2. The molecule has 1 amide bonds. The molecular weight excluding hydrogens is 466 g/mol. The maximum absolute atomic E-state index is 11.4. The van der Waals surface area contributed by atoms with Gasteiger partial charge in [-0.15, -0.1) is 0 Å². The van der Waals surface area contributed by atoms with E-state index in [0.717, 1.165) is 28.5 Å². The number of hydrogen-bond acceptors (Lipinski definition) is 3. The maximum atomic E-state index is 11.4. The van der Waals surface area contributed by atoms with Crippen molar-refractivity contribution in [3.05, 3.63) is 108 Å². The van der Waals surface area contributed by atoms with Crippen molar-refractivity contribution in [2.75, 3.05) is 10.2 Å². The summed E-state index contributed by atoms with van der Waals surface area (Å²) in [5, 5.41) is 7.56. The van der Waals surface area contributed by atoms with Gasteiger partial charge in [0.15, 0.2) is 5.11 Å². The average Bonchev–Trinajstić information content (AvgIpc) is 3.44. The molecule has 4 aromatic rings. The van der Waals surface area contributed by atoms with Crippen LogP contribution in [0.4, 0.5) is 11.4 Å². The molecule has 0 radical (unpaired) electrons. The van der Waals surface area contributed by atoms with Crippen LogP contribution in [-0.4, -0.2) is 20.6 Å². The number of thiocarbonyl (C=S) groups is 1. The third kappa shape index (κ3) is 4.27. The third-order valence-corrected chi connectivity index (χ3v) is 6.28. The molecule has 6 nitrogen and oxygen atoms in total. The monoisotopic (exact) mass is 487 g/mol. The molecule has 0 unspecified atom stereocenters. The molecule has 2 atom stereocenters. The Morgan fingerprint density at radius 2 is 1.85 bits per heavy atom. The van der Waals surface area contributed by atoms with E-state index in [1.54, 1.807) is 6.20 Å². The second-order valence-electron chi connectivity index (χ2n) is 8.01. The first-order valence-corrected chi connectivity index (χ1v) is 11.6. The summed E-state index contributed by atoms with van der Waals surface area (Å²) in [7, 11) is 0. The van der Waals surface area contributed by atoms with E-state index >= 15 is 0 Å². The van der Waals surface area contributed by atoms with E-state index in [2.05, 4.69) is 31.2 Å². The SMILES string of the molecule is CC(=O)Nc1ccc(N2C(=S)N[C@@H](c3ccccn3)[C@@H]2c2cccn2-c2cccc(Cl)c2)cc1. The third-order valence-electron chi connectivity index (χ3n) is 5.73. The number of amides is 1. The van der Waals surface area contributed by atoms with Gasteiger partial charge in [0.2, 0.25) is 5.91 Å². The molecule has 5 rings (SSSR count). The number of aromatic nitrogens is 2. The highest BCUT2D eigenvalue weighted by molar-refractivity contribution is 7.80. The molecule has 3 heterocycles. The number of benzene rings is 2. The lowest BCUT2D eigenvalue weighted by atomic mass is 10.0. The lowest BCUT2D eigenvalue weighted by molar-refractivity contribution is -0.114. The van der Waals surface area contributed by atoms with Crippen molar-refractivity contribution in [1.29, 1.82) is 0 Å². The van der Waals surface area contributed by atoms with Gasteiger partial charge in [0.25, 0.3) is 0 Å². The van der Waals surface area contributed by atoms with E-state index < -0.39 is 0 Å². The van der Waals surface area contributed by atoms with Gasteiger partial charge in [-0.1, -0.05) is 23.7 Å². The predicted octanol–water partition coefficient (Wildman–Crippen LogP) is 5.66. The van der Waals surface area contributed by atoms with E-state index in [1.165, 1.54) is 6.92 Å². The summed E-state index contributed by atoms with van der Waals surface area (Å²) >= 11 is 12.1. The van der Waals surface area contributed by atoms with E-state index in [-0.39, 0.29) is 18.0 Å². The van der Waals surface area contributed by atoms with Gasteiger partial charge in [0, 0.05) is 47.1 Å². The van der Waals surface area contributed by atoms with Crippen molar-refractivity contribution in [1.82, 2.24) is 14.9 Å². The first-order valence-electron chi connectivity index (χ1n) is 10.8. The summed E-state index contributed by atoms with van der Waals surface area (Å²) in [5.41, 5.74) is 4.54. The van der Waals surface area contributed by atoms with Gasteiger partial charge in [-0.25, -0.2) is 0 Å². The van der Waals surface area contributed by atoms with Crippen LogP contribution in [0.15, 0.2) is 91.3 Å². The molecule has 0 saturated carbocycles. The Balaban J connectivity index is 1.62. The van der Waals surface area contributed by atoms with Gasteiger partial charge < -0.3 is 20.1 Å². The molecule has 1 aliphatic rings. The molecule has 0 aliphatic carbocycles. The van der Waals surface area contributed by atoms with Crippen LogP contribution in [0, 0.1) is 0 Å². The van der Waals surface area contributed by atoms with E-state index in [1.807, 2.05) is 79.0 Å². The molecule has 170 valence electrons. The highest BCUT2D eigenvalue weighted by Gasteiger charge is 2.42. The maximum Gasteiger partial charge on any atom is 0.221 e. The van der Waals surface area contributed by atoms with Gasteiger partial charge in [-0.05, 0) is 78.9 Å². The highest BCUT2D eigenvalue weighted by atomic mass is 35.5. The van der Waals surface area contributed by atoms with Gasteiger partial charge in [-0.2, -0.15) is 0 Å². The Labute approximate surface area is 208 Å². The molecule has 2 aromatic heterocycles. The second-order valence-corrected chi connectivity index (χ2v) is 8.83. The Morgan fingerprint density at radius 1 is 1.03 bits per heavy atom. The lowest BCUT2D eigenvalue weighted by Crippen LogP contribution is -2.30. The Morgan fingerprint density at radius 3 is 2.56 bits per heavy atom. The number of hydrogen-bond donors (Lipinski definition) is 2. The number of nitrogens with one attached hydrogen (secondary N) is 2. The molecule has 1 saturated heterocycles. The van der Waals surface area contributed by atoms with Gasteiger partial charge in [0.1, 0.15) is 6.04 Å². The van der Waals surface area contributed by atoms with Crippen LogP contribution in [0.5, 0.6) is 0 Å². The van der Waals surface area contributed by atoms with Gasteiger partial charge in [0.05, 0.1) is 11.7 Å². The summed E-state index contributed by atoms with van der Waals surface area (Å²) in [5.74, 6) is -0.112. The topological polar surface area (TPSA) is 62.2 Å². The number of carbonyl (C=O) groups is 1. The van der Waals surface area contributed by atoms with Crippen molar-refractivity contribution < 1.29 is 4.79 Å². The van der Waals surface area contributed by atoms with Crippen LogP contribution in [0.1, 0.15) is 30.4 Å². The summed E-state index contributed by atoms with van der Waals surface area (Å²) in [4.78, 5) is 18.2. The molecule has 1 aliphatic heterocycles. The van der Waals surface area contributed by atoms with Crippen LogP contribution in [0.3, 0.4) is 0 Å². The van der Waals surface area contributed by atoms with Gasteiger partial charge in [-0.3, -0.25) is 9.78 Å². The number of nitrogens with zero attached hydrogens (tertiary/aromatic N) is 3. The lowest BCUT2D eigenvalue weighted by Gasteiger charge is -2.29. The molecule has 34 heavy (non-hydrogen) atoms. The zero-order chi connectivity index (χ0) is 23.7. The zero-order valence-electron chi connectivity index (χ0n) is 18.4. The van der Waals surface area contributed by atoms with E-state index in [0.29, 0.717) is 10.1 Å². The minimum atomic E-state index is -0.178. The Bertz CT molecular complexity index is 1340. The van der Waals surface area contributed by atoms with E-state index in [4.69, 9.17) is 23.8 Å². The average molecular weight is 488 g/mol. The Kier molecular flexibility index (Phi) is 6.04. The number of carbonyl (C=O) groups excluding carboxylic acids is 1. The standard InChI is InChI=1S/C26H22ClN5OS/c1-17(33)29-19-10-12-20(13-11-19)32-25(24(30-26(32)34)22-8-2-3-14-28-22)23-9-5-15-31(23)21-7-4-6-18(27)16-21/h2-16,24-25H,1H3,(H,29,33)(H,30,34)/t24-,25-/m0/s1. The van der Waals surface area contributed by atoms with Crippen molar-refractivity contribution in [3.63, 3.8) is 0 Å². The molecule has 2 N–H and O–H groups in total. The van der Waals surface area contributed by atoms with Crippen LogP contribution in [0.25, 0.3) is 5.69 Å². The zero-order valence-corrected chi connectivity index (χ0v) is 19.9. The number of rotatable bonds is 5. The molecule has 8 heteroatoms. The van der Waals surface area contributed by atoms with E-state index in [9.17, 15) is 4.79 Å².